The lowest BCUT2D eigenvalue weighted by Gasteiger charge is -2.20. The van der Waals surface area contributed by atoms with Gasteiger partial charge in [0, 0.05) is 30.0 Å². The lowest BCUT2D eigenvalue weighted by Crippen LogP contribution is -2.31. The molecule has 0 atom stereocenters. The number of nitrogens with one attached hydrogen (secondary N) is 2. The predicted molar refractivity (Wildman–Crippen MR) is 105 cm³/mol. The number of fused-ring (bicyclic) bond motifs is 1. The number of benzene rings is 1. The van der Waals surface area contributed by atoms with Crippen LogP contribution in [-0.2, 0) is 10.0 Å². The summed E-state index contributed by atoms with van der Waals surface area (Å²) in [4.78, 5) is 15.4. The van der Waals surface area contributed by atoms with Gasteiger partial charge in [-0.25, -0.2) is 8.42 Å². The van der Waals surface area contributed by atoms with E-state index in [2.05, 4.69) is 17.2 Å². The van der Waals surface area contributed by atoms with Gasteiger partial charge in [0.2, 0.25) is 10.0 Å². The Balaban J connectivity index is 2.30. The molecule has 2 N–H and O–H groups in total. The summed E-state index contributed by atoms with van der Waals surface area (Å²) in [6.07, 6.45) is 2.92. The highest BCUT2D eigenvalue weighted by atomic mass is 32.2. The Morgan fingerprint density at radius 2 is 1.92 bits per heavy atom. The quantitative estimate of drug-likeness (QED) is 0.654. The number of aromatic amines is 1. The van der Waals surface area contributed by atoms with Crippen molar-refractivity contribution in [3.63, 3.8) is 0 Å². The number of sulfonamides is 1. The van der Waals surface area contributed by atoms with E-state index in [1.54, 1.807) is 24.3 Å². The number of nitrogens with zero attached hydrogens (tertiary/aromatic N) is 1. The SMILES string of the molecule is CCCCCN(CC)S(=O)(=O)c1ccc2[nH]c(C(=O)NC(C)C)cc2c1. The zero-order valence-electron chi connectivity index (χ0n) is 16.0. The molecule has 0 radical (unpaired) electrons. The van der Waals surface area contributed by atoms with Gasteiger partial charge < -0.3 is 10.3 Å². The van der Waals surface area contributed by atoms with E-state index in [4.69, 9.17) is 0 Å². The Morgan fingerprint density at radius 1 is 1.19 bits per heavy atom. The smallest absolute Gasteiger partial charge is 0.267 e. The highest BCUT2D eigenvalue weighted by Crippen LogP contribution is 2.23. The molecular formula is C19H29N3O3S. The first-order valence-electron chi connectivity index (χ1n) is 9.23. The van der Waals surface area contributed by atoms with Gasteiger partial charge in [-0.05, 0) is 44.5 Å². The Bertz CT molecular complexity index is 856. The fourth-order valence-electron chi connectivity index (χ4n) is 2.87. The first-order chi connectivity index (χ1) is 12.3. The Kier molecular flexibility index (Phi) is 6.83. The maximum absolute atomic E-state index is 12.9. The fourth-order valence-corrected chi connectivity index (χ4v) is 4.39. The van der Waals surface area contributed by atoms with E-state index in [-0.39, 0.29) is 16.8 Å². The van der Waals surface area contributed by atoms with Gasteiger partial charge in [0.1, 0.15) is 5.69 Å². The van der Waals surface area contributed by atoms with Crippen LogP contribution in [0, 0.1) is 0 Å². The molecule has 0 aliphatic rings. The number of amides is 1. The lowest BCUT2D eigenvalue weighted by atomic mass is 10.2. The number of carbonyl (C=O) groups is 1. The van der Waals surface area contributed by atoms with E-state index in [9.17, 15) is 13.2 Å². The zero-order chi connectivity index (χ0) is 19.3. The van der Waals surface area contributed by atoms with Crippen LogP contribution in [-0.4, -0.2) is 42.7 Å². The van der Waals surface area contributed by atoms with E-state index in [0.717, 1.165) is 24.8 Å². The summed E-state index contributed by atoms with van der Waals surface area (Å²) in [6.45, 7) is 8.70. The van der Waals surface area contributed by atoms with Crippen LogP contribution in [0.4, 0.5) is 0 Å². The Labute approximate surface area is 156 Å². The molecule has 0 spiro atoms. The minimum Gasteiger partial charge on any atom is -0.351 e. The topological polar surface area (TPSA) is 82.3 Å². The molecule has 0 saturated carbocycles. The van der Waals surface area contributed by atoms with Crippen molar-refractivity contribution in [3.05, 3.63) is 30.0 Å². The van der Waals surface area contributed by atoms with E-state index < -0.39 is 10.0 Å². The highest BCUT2D eigenvalue weighted by molar-refractivity contribution is 7.89. The molecule has 6 nitrogen and oxygen atoms in total. The van der Waals surface area contributed by atoms with Gasteiger partial charge >= 0.3 is 0 Å². The van der Waals surface area contributed by atoms with Gasteiger partial charge in [-0.15, -0.1) is 0 Å². The Morgan fingerprint density at radius 3 is 2.54 bits per heavy atom. The molecule has 26 heavy (non-hydrogen) atoms. The first kappa shape index (κ1) is 20.5. The summed E-state index contributed by atoms with van der Waals surface area (Å²) in [6, 6.07) is 6.68. The molecule has 0 unspecified atom stereocenters. The number of unbranched alkanes of at least 4 members (excludes halogenated alkanes) is 2. The summed E-state index contributed by atoms with van der Waals surface area (Å²) in [7, 11) is -3.53. The van der Waals surface area contributed by atoms with Gasteiger partial charge in [-0.3, -0.25) is 4.79 Å². The van der Waals surface area contributed by atoms with Crippen molar-refractivity contribution in [2.24, 2.45) is 0 Å². The molecule has 0 bridgehead atoms. The fraction of sp³-hybridized carbons (Fsp3) is 0.526. The minimum atomic E-state index is -3.53. The minimum absolute atomic E-state index is 0.0334. The van der Waals surface area contributed by atoms with Gasteiger partial charge in [-0.1, -0.05) is 26.7 Å². The van der Waals surface area contributed by atoms with Crippen LogP contribution in [0.1, 0.15) is 57.4 Å². The van der Waals surface area contributed by atoms with E-state index in [1.807, 2.05) is 20.8 Å². The molecule has 1 aromatic carbocycles. The second kappa shape index (κ2) is 8.68. The van der Waals surface area contributed by atoms with Crippen molar-refractivity contribution in [1.29, 1.82) is 0 Å². The van der Waals surface area contributed by atoms with Crippen LogP contribution in [0.2, 0.25) is 0 Å². The molecule has 1 heterocycles. The zero-order valence-corrected chi connectivity index (χ0v) is 16.8. The molecule has 1 amide bonds. The third-order valence-electron chi connectivity index (χ3n) is 4.26. The number of hydrogen-bond acceptors (Lipinski definition) is 3. The van der Waals surface area contributed by atoms with Crippen molar-refractivity contribution >= 4 is 26.8 Å². The molecule has 1 aromatic heterocycles. The maximum Gasteiger partial charge on any atom is 0.267 e. The summed E-state index contributed by atoms with van der Waals surface area (Å²) in [5, 5.41) is 3.54. The molecule has 7 heteroatoms. The molecule has 2 rings (SSSR count). The van der Waals surface area contributed by atoms with Crippen molar-refractivity contribution in [1.82, 2.24) is 14.6 Å². The number of carbonyl (C=O) groups excluding carboxylic acids is 1. The second-order valence-electron chi connectivity index (χ2n) is 6.76. The summed E-state index contributed by atoms with van der Waals surface area (Å²) in [5.74, 6) is -0.199. The molecule has 0 saturated heterocycles. The van der Waals surface area contributed by atoms with Crippen LogP contribution in [0.15, 0.2) is 29.2 Å². The van der Waals surface area contributed by atoms with Crippen LogP contribution >= 0.6 is 0 Å². The van der Waals surface area contributed by atoms with Gasteiger partial charge in [0.15, 0.2) is 0 Å². The average Bonchev–Trinajstić information content (AvgIpc) is 3.01. The maximum atomic E-state index is 12.9. The van der Waals surface area contributed by atoms with Crippen LogP contribution < -0.4 is 5.32 Å². The van der Waals surface area contributed by atoms with Gasteiger partial charge in [-0.2, -0.15) is 4.31 Å². The predicted octanol–water partition coefficient (Wildman–Crippen LogP) is 3.51. The first-order valence-corrected chi connectivity index (χ1v) is 10.7. The summed E-state index contributed by atoms with van der Waals surface area (Å²) in [5.41, 5.74) is 1.17. The molecule has 144 valence electrons. The molecule has 0 aliphatic carbocycles. The van der Waals surface area contributed by atoms with Crippen LogP contribution in [0.5, 0.6) is 0 Å². The number of hydrogen-bond donors (Lipinski definition) is 2. The summed E-state index contributed by atoms with van der Waals surface area (Å²) >= 11 is 0. The molecular weight excluding hydrogens is 350 g/mol. The third-order valence-corrected chi connectivity index (χ3v) is 6.23. The molecule has 0 aliphatic heterocycles. The third kappa shape index (κ3) is 4.65. The number of rotatable bonds is 9. The van der Waals surface area contributed by atoms with Gasteiger partial charge in [0.25, 0.3) is 5.91 Å². The lowest BCUT2D eigenvalue weighted by molar-refractivity contribution is 0.0939. The number of H-pyrrole nitrogens is 1. The number of aromatic nitrogens is 1. The normalized spacial score (nSPS) is 12.2. The highest BCUT2D eigenvalue weighted by Gasteiger charge is 2.23. The molecule has 0 fully saturated rings. The second-order valence-corrected chi connectivity index (χ2v) is 8.70. The largest absolute Gasteiger partial charge is 0.351 e. The van der Waals surface area contributed by atoms with E-state index in [0.29, 0.717) is 24.2 Å². The van der Waals surface area contributed by atoms with Crippen LogP contribution in [0.25, 0.3) is 10.9 Å². The average molecular weight is 380 g/mol. The van der Waals surface area contributed by atoms with Crippen molar-refractivity contribution in [2.45, 2.75) is 57.9 Å². The summed E-state index contributed by atoms with van der Waals surface area (Å²) < 4.78 is 27.4. The van der Waals surface area contributed by atoms with Crippen molar-refractivity contribution in [2.75, 3.05) is 13.1 Å². The van der Waals surface area contributed by atoms with Crippen LogP contribution in [0.3, 0.4) is 0 Å². The van der Waals surface area contributed by atoms with Gasteiger partial charge in [0.05, 0.1) is 4.90 Å². The monoisotopic (exact) mass is 379 g/mol. The van der Waals surface area contributed by atoms with E-state index >= 15 is 0 Å². The van der Waals surface area contributed by atoms with Crippen molar-refractivity contribution in [3.8, 4) is 0 Å². The Hall–Kier alpha value is -1.86. The standard InChI is InChI=1S/C19H29N3O3S/c1-5-7-8-11-22(6-2)26(24,25)16-9-10-17-15(12-16)13-18(21-17)19(23)20-14(3)4/h9-10,12-14,21H,5-8,11H2,1-4H3,(H,20,23). The van der Waals surface area contributed by atoms with E-state index in [1.165, 1.54) is 4.31 Å². The van der Waals surface area contributed by atoms with Crippen molar-refractivity contribution < 1.29 is 13.2 Å². The molecule has 2 aromatic rings.